The zero-order valence-electron chi connectivity index (χ0n) is 8.50. The molecule has 1 aromatic rings. The van der Waals surface area contributed by atoms with Gasteiger partial charge in [0.1, 0.15) is 11.5 Å². The molecule has 0 N–H and O–H groups in total. The number of hydrogen-bond acceptors (Lipinski definition) is 3. The van der Waals surface area contributed by atoms with Crippen molar-refractivity contribution in [3.05, 3.63) is 29.3 Å². The lowest BCUT2D eigenvalue weighted by molar-refractivity contribution is -0.136. The molecule has 3 nitrogen and oxygen atoms in total. The summed E-state index contributed by atoms with van der Waals surface area (Å²) in [4.78, 5) is 14.7. The molecule has 78 valence electrons. The molecule has 0 saturated carbocycles. The fourth-order valence-electron chi connectivity index (χ4n) is 0.949. The summed E-state index contributed by atoms with van der Waals surface area (Å²) in [5.74, 6) is 3.76. The standard InChI is InChI=1S/C11H10FNO2/c1-3-15-11(14)5-4-10-8(2)6-9(12)7-13-10/h6-7H,3H2,1-2H3. The van der Waals surface area contributed by atoms with Crippen molar-refractivity contribution in [2.75, 3.05) is 6.61 Å². The van der Waals surface area contributed by atoms with Crippen LogP contribution in [0.2, 0.25) is 0 Å². The molecular weight excluding hydrogens is 197 g/mol. The number of ether oxygens (including phenoxy) is 1. The third kappa shape index (κ3) is 3.39. The van der Waals surface area contributed by atoms with Gasteiger partial charge in [-0.3, -0.25) is 0 Å². The first-order valence-corrected chi connectivity index (χ1v) is 4.44. The molecule has 1 rings (SSSR count). The van der Waals surface area contributed by atoms with Crippen molar-refractivity contribution in [1.29, 1.82) is 0 Å². The van der Waals surface area contributed by atoms with Crippen molar-refractivity contribution in [1.82, 2.24) is 4.98 Å². The van der Waals surface area contributed by atoms with Gasteiger partial charge in [0.2, 0.25) is 0 Å². The average Bonchev–Trinajstić information content (AvgIpc) is 2.17. The summed E-state index contributed by atoms with van der Waals surface area (Å²) >= 11 is 0. The second-order valence-corrected chi connectivity index (χ2v) is 2.79. The molecule has 0 bridgehead atoms. The summed E-state index contributed by atoms with van der Waals surface area (Å²) < 4.78 is 17.3. The smallest absolute Gasteiger partial charge is 0.384 e. The molecule has 1 heterocycles. The lowest BCUT2D eigenvalue weighted by Crippen LogP contribution is -2.00. The van der Waals surface area contributed by atoms with Crippen molar-refractivity contribution >= 4 is 5.97 Å². The van der Waals surface area contributed by atoms with E-state index in [4.69, 9.17) is 0 Å². The predicted molar refractivity (Wildman–Crippen MR) is 52.4 cm³/mol. The number of aryl methyl sites for hydroxylation is 1. The zero-order chi connectivity index (χ0) is 11.3. The zero-order valence-corrected chi connectivity index (χ0v) is 8.50. The first-order valence-electron chi connectivity index (χ1n) is 4.44. The van der Waals surface area contributed by atoms with Crippen molar-refractivity contribution < 1.29 is 13.9 Å². The van der Waals surface area contributed by atoms with E-state index in [2.05, 4.69) is 21.6 Å². The Kier molecular flexibility index (Phi) is 3.81. The number of pyridine rings is 1. The van der Waals surface area contributed by atoms with E-state index in [1.807, 2.05) is 0 Å². The van der Waals surface area contributed by atoms with Crippen LogP contribution in [0.4, 0.5) is 4.39 Å². The summed E-state index contributed by atoms with van der Waals surface area (Å²) in [7, 11) is 0. The van der Waals surface area contributed by atoms with Gasteiger partial charge in [-0.25, -0.2) is 14.2 Å². The highest BCUT2D eigenvalue weighted by Crippen LogP contribution is 2.04. The number of rotatable bonds is 1. The van der Waals surface area contributed by atoms with Gasteiger partial charge in [-0.2, -0.15) is 0 Å². The summed E-state index contributed by atoms with van der Waals surface area (Å²) in [6, 6.07) is 1.31. The van der Waals surface area contributed by atoms with Crippen LogP contribution in [0.3, 0.4) is 0 Å². The predicted octanol–water partition coefficient (Wildman–Crippen LogP) is 1.44. The minimum atomic E-state index is -0.608. The van der Waals surface area contributed by atoms with E-state index in [-0.39, 0.29) is 6.61 Å². The van der Waals surface area contributed by atoms with Gasteiger partial charge in [0.15, 0.2) is 0 Å². The molecule has 0 spiro atoms. The molecule has 0 aromatic carbocycles. The highest BCUT2D eigenvalue weighted by Gasteiger charge is 1.99. The SMILES string of the molecule is CCOC(=O)C#Cc1ncc(F)cc1C. The van der Waals surface area contributed by atoms with Crippen LogP contribution in [0.1, 0.15) is 18.2 Å². The first kappa shape index (κ1) is 11.2. The van der Waals surface area contributed by atoms with E-state index in [1.54, 1.807) is 13.8 Å². The van der Waals surface area contributed by atoms with Crippen molar-refractivity contribution in [3.8, 4) is 11.8 Å². The van der Waals surface area contributed by atoms with Crippen LogP contribution in [0.15, 0.2) is 12.3 Å². The van der Waals surface area contributed by atoms with E-state index in [0.717, 1.165) is 6.20 Å². The van der Waals surface area contributed by atoms with Gasteiger partial charge >= 0.3 is 5.97 Å². The topological polar surface area (TPSA) is 39.2 Å². The Morgan fingerprint density at radius 3 is 3.00 bits per heavy atom. The Morgan fingerprint density at radius 2 is 2.40 bits per heavy atom. The van der Waals surface area contributed by atoms with E-state index in [9.17, 15) is 9.18 Å². The molecule has 0 fully saturated rings. The fourth-order valence-corrected chi connectivity index (χ4v) is 0.949. The van der Waals surface area contributed by atoms with Gasteiger partial charge in [-0.15, -0.1) is 0 Å². The van der Waals surface area contributed by atoms with Gasteiger partial charge in [0, 0.05) is 5.92 Å². The normalized spacial score (nSPS) is 9.00. The van der Waals surface area contributed by atoms with Crippen LogP contribution >= 0.6 is 0 Å². The van der Waals surface area contributed by atoms with Crippen LogP contribution in [0.5, 0.6) is 0 Å². The highest BCUT2D eigenvalue weighted by molar-refractivity contribution is 5.89. The third-order valence-corrected chi connectivity index (χ3v) is 1.60. The van der Waals surface area contributed by atoms with Crippen LogP contribution < -0.4 is 0 Å². The van der Waals surface area contributed by atoms with E-state index < -0.39 is 11.8 Å². The molecule has 0 amide bonds. The number of carbonyl (C=O) groups excluding carboxylic acids is 1. The number of hydrogen-bond donors (Lipinski definition) is 0. The molecule has 0 aliphatic rings. The summed E-state index contributed by atoms with van der Waals surface area (Å²) in [5.41, 5.74) is 0.969. The quantitative estimate of drug-likeness (QED) is 0.516. The van der Waals surface area contributed by atoms with Gasteiger partial charge in [0.05, 0.1) is 12.8 Å². The van der Waals surface area contributed by atoms with Crippen LogP contribution in [-0.2, 0) is 9.53 Å². The Morgan fingerprint density at radius 1 is 1.67 bits per heavy atom. The molecule has 1 aromatic heterocycles. The van der Waals surface area contributed by atoms with Crippen LogP contribution in [0, 0.1) is 24.6 Å². The molecule has 0 aliphatic heterocycles. The van der Waals surface area contributed by atoms with Crippen LogP contribution in [0.25, 0.3) is 0 Å². The maximum atomic E-state index is 12.7. The Labute approximate surface area is 87.3 Å². The van der Waals surface area contributed by atoms with Gasteiger partial charge in [-0.1, -0.05) is 0 Å². The second kappa shape index (κ2) is 5.11. The molecule has 0 unspecified atom stereocenters. The van der Waals surface area contributed by atoms with E-state index in [0.29, 0.717) is 11.3 Å². The molecule has 4 heteroatoms. The monoisotopic (exact) mass is 207 g/mol. The van der Waals surface area contributed by atoms with Gasteiger partial charge in [-0.05, 0) is 31.4 Å². The Bertz CT molecular complexity index is 432. The van der Waals surface area contributed by atoms with Crippen molar-refractivity contribution in [2.45, 2.75) is 13.8 Å². The van der Waals surface area contributed by atoms with Gasteiger partial charge in [0.25, 0.3) is 0 Å². The molecule has 0 aliphatic carbocycles. The van der Waals surface area contributed by atoms with Crippen molar-refractivity contribution in [2.24, 2.45) is 0 Å². The minimum absolute atomic E-state index is 0.281. The minimum Gasteiger partial charge on any atom is -0.456 e. The summed E-state index contributed by atoms with van der Waals surface area (Å²) in [6.07, 6.45) is 1.06. The average molecular weight is 207 g/mol. The first-order chi connectivity index (χ1) is 7.13. The molecule has 0 atom stereocenters. The third-order valence-electron chi connectivity index (χ3n) is 1.60. The summed E-state index contributed by atoms with van der Waals surface area (Å²) in [5, 5.41) is 0. The lowest BCUT2D eigenvalue weighted by Gasteiger charge is -1.96. The maximum absolute atomic E-state index is 12.7. The molecule has 0 radical (unpaired) electrons. The molecule has 0 saturated heterocycles. The second-order valence-electron chi connectivity index (χ2n) is 2.79. The number of esters is 1. The number of aromatic nitrogens is 1. The van der Waals surface area contributed by atoms with E-state index >= 15 is 0 Å². The Balaban J connectivity index is 2.84. The molecular formula is C11H10FNO2. The lowest BCUT2D eigenvalue weighted by atomic mass is 10.2. The summed E-state index contributed by atoms with van der Waals surface area (Å²) in [6.45, 7) is 3.65. The number of nitrogens with zero attached hydrogens (tertiary/aromatic N) is 1. The largest absolute Gasteiger partial charge is 0.456 e. The Hall–Kier alpha value is -1.89. The highest BCUT2D eigenvalue weighted by atomic mass is 19.1. The maximum Gasteiger partial charge on any atom is 0.384 e. The van der Waals surface area contributed by atoms with Gasteiger partial charge < -0.3 is 4.74 Å². The fraction of sp³-hybridized carbons (Fsp3) is 0.273. The molecule has 15 heavy (non-hydrogen) atoms. The van der Waals surface area contributed by atoms with Crippen LogP contribution in [-0.4, -0.2) is 17.6 Å². The van der Waals surface area contributed by atoms with E-state index in [1.165, 1.54) is 6.07 Å². The number of halogens is 1. The van der Waals surface area contributed by atoms with Crippen molar-refractivity contribution in [3.63, 3.8) is 0 Å². The number of carbonyl (C=O) groups is 1.